The third kappa shape index (κ3) is 1.44. The monoisotopic (exact) mass is 172 g/mol. The Morgan fingerprint density at radius 2 is 1.92 bits per heavy atom. The minimum Gasteiger partial charge on any atom is -0.377 e. The van der Waals surface area contributed by atoms with E-state index in [1.54, 1.807) is 0 Å². The second-order valence-corrected chi connectivity index (χ2v) is 4.42. The molecule has 0 unspecified atom stereocenters. The van der Waals surface area contributed by atoms with E-state index >= 15 is 0 Å². The second kappa shape index (κ2) is 2.44. The number of aliphatic hydroxyl groups is 1. The van der Waals surface area contributed by atoms with Crippen molar-refractivity contribution >= 4 is 5.91 Å². The van der Waals surface area contributed by atoms with Gasteiger partial charge in [0.2, 0.25) is 0 Å². The number of β-amino-alcohol motifs (C(OH)–C–C–N with tert-alkyl or cyclic N) is 1. The Bertz CT molecular complexity index is 202. The SMILES string of the molecule is CC(C)(C)N1CC(O)(C(N)=O)C1. The van der Waals surface area contributed by atoms with Crippen LogP contribution in [0.25, 0.3) is 0 Å². The van der Waals surface area contributed by atoms with Crippen molar-refractivity contribution in [2.45, 2.75) is 31.9 Å². The molecule has 0 saturated carbocycles. The molecule has 1 amide bonds. The van der Waals surface area contributed by atoms with Gasteiger partial charge in [-0.1, -0.05) is 0 Å². The van der Waals surface area contributed by atoms with Crippen LogP contribution in [0.2, 0.25) is 0 Å². The van der Waals surface area contributed by atoms with E-state index in [1.807, 2.05) is 25.7 Å². The van der Waals surface area contributed by atoms with E-state index in [0.717, 1.165) is 0 Å². The van der Waals surface area contributed by atoms with Crippen LogP contribution in [0.5, 0.6) is 0 Å². The molecule has 4 heteroatoms. The van der Waals surface area contributed by atoms with E-state index in [-0.39, 0.29) is 5.54 Å². The summed E-state index contributed by atoms with van der Waals surface area (Å²) < 4.78 is 0. The van der Waals surface area contributed by atoms with E-state index in [4.69, 9.17) is 5.73 Å². The summed E-state index contributed by atoms with van der Waals surface area (Å²) in [6.07, 6.45) is 0. The lowest BCUT2D eigenvalue weighted by Gasteiger charge is -2.51. The zero-order valence-electron chi connectivity index (χ0n) is 7.79. The fraction of sp³-hybridized carbons (Fsp3) is 0.875. The van der Waals surface area contributed by atoms with E-state index < -0.39 is 11.5 Å². The van der Waals surface area contributed by atoms with Gasteiger partial charge < -0.3 is 10.8 Å². The molecule has 0 radical (unpaired) electrons. The molecule has 70 valence electrons. The number of carbonyl (C=O) groups is 1. The number of likely N-dealkylation sites (tertiary alicyclic amines) is 1. The Morgan fingerprint density at radius 3 is 2.17 bits per heavy atom. The molecule has 1 rings (SSSR count). The predicted octanol–water partition coefficient (Wildman–Crippen LogP) is -0.683. The number of hydrogen-bond donors (Lipinski definition) is 2. The number of nitrogens with zero attached hydrogens (tertiary/aromatic N) is 1. The van der Waals surface area contributed by atoms with E-state index in [1.165, 1.54) is 0 Å². The first-order valence-electron chi connectivity index (χ1n) is 4.03. The smallest absolute Gasteiger partial charge is 0.252 e. The molecule has 1 fully saturated rings. The molecule has 0 aromatic carbocycles. The normalized spacial score (nSPS) is 23.3. The molecule has 1 aliphatic heterocycles. The molecule has 0 aromatic rings. The second-order valence-electron chi connectivity index (χ2n) is 4.42. The van der Waals surface area contributed by atoms with Crippen LogP contribution in [0.4, 0.5) is 0 Å². The van der Waals surface area contributed by atoms with Crippen LogP contribution in [-0.4, -0.2) is 40.1 Å². The van der Waals surface area contributed by atoms with Gasteiger partial charge in [-0.25, -0.2) is 0 Å². The number of primary amides is 1. The first-order chi connectivity index (χ1) is 5.26. The zero-order valence-corrected chi connectivity index (χ0v) is 7.79. The maximum absolute atomic E-state index is 10.7. The van der Waals surface area contributed by atoms with Gasteiger partial charge in [-0.05, 0) is 20.8 Å². The van der Waals surface area contributed by atoms with Crippen LogP contribution in [0.3, 0.4) is 0 Å². The first-order valence-corrected chi connectivity index (χ1v) is 4.03. The van der Waals surface area contributed by atoms with E-state index in [9.17, 15) is 9.90 Å². The Kier molecular flexibility index (Phi) is 1.92. The van der Waals surface area contributed by atoms with Crippen molar-refractivity contribution < 1.29 is 9.90 Å². The molecular weight excluding hydrogens is 156 g/mol. The van der Waals surface area contributed by atoms with Gasteiger partial charge in [0.1, 0.15) is 0 Å². The minimum absolute atomic E-state index is 0.00167. The third-order valence-electron chi connectivity index (χ3n) is 2.31. The first kappa shape index (κ1) is 9.48. The summed E-state index contributed by atoms with van der Waals surface area (Å²) in [4.78, 5) is 12.7. The zero-order chi connectivity index (χ0) is 9.57. The van der Waals surface area contributed by atoms with Crippen LogP contribution in [0, 0.1) is 0 Å². The van der Waals surface area contributed by atoms with Crippen LogP contribution in [-0.2, 0) is 4.79 Å². The largest absolute Gasteiger partial charge is 0.377 e. The summed E-state index contributed by atoms with van der Waals surface area (Å²) in [6, 6.07) is 0. The molecule has 1 saturated heterocycles. The lowest BCUT2D eigenvalue weighted by Crippen LogP contribution is -2.71. The molecule has 0 bridgehead atoms. The topological polar surface area (TPSA) is 66.6 Å². The third-order valence-corrected chi connectivity index (χ3v) is 2.31. The molecule has 4 nitrogen and oxygen atoms in total. The Balaban J connectivity index is 2.53. The average Bonchev–Trinajstić information content (AvgIpc) is 1.77. The quantitative estimate of drug-likeness (QED) is 0.550. The van der Waals surface area contributed by atoms with E-state index in [0.29, 0.717) is 13.1 Å². The lowest BCUT2D eigenvalue weighted by molar-refractivity contribution is -0.165. The Morgan fingerprint density at radius 1 is 1.50 bits per heavy atom. The molecule has 0 spiro atoms. The van der Waals surface area contributed by atoms with Crippen LogP contribution in [0.15, 0.2) is 0 Å². The molecule has 0 aromatic heterocycles. The highest BCUT2D eigenvalue weighted by atomic mass is 16.3. The predicted molar refractivity (Wildman–Crippen MR) is 45.5 cm³/mol. The van der Waals surface area contributed by atoms with Gasteiger partial charge in [0.15, 0.2) is 5.60 Å². The van der Waals surface area contributed by atoms with Crippen LogP contribution >= 0.6 is 0 Å². The number of hydrogen-bond acceptors (Lipinski definition) is 3. The number of amides is 1. The van der Waals surface area contributed by atoms with Gasteiger partial charge in [0.05, 0.1) is 0 Å². The number of carbonyl (C=O) groups excluding carboxylic acids is 1. The summed E-state index contributed by atoms with van der Waals surface area (Å²) in [5.74, 6) is -0.622. The van der Waals surface area contributed by atoms with Crippen molar-refractivity contribution in [2.75, 3.05) is 13.1 Å². The molecule has 12 heavy (non-hydrogen) atoms. The van der Waals surface area contributed by atoms with Crippen LogP contribution in [0.1, 0.15) is 20.8 Å². The number of rotatable bonds is 1. The van der Waals surface area contributed by atoms with Crippen LogP contribution < -0.4 is 5.73 Å². The van der Waals surface area contributed by atoms with Crippen molar-refractivity contribution in [2.24, 2.45) is 5.73 Å². The highest BCUT2D eigenvalue weighted by Gasteiger charge is 2.49. The minimum atomic E-state index is -1.28. The highest BCUT2D eigenvalue weighted by molar-refractivity contribution is 5.85. The summed E-state index contributed by atoms with van der Waals surface area (Å²) in [5.41, 5.74) is 3.74. The summed E-state index contributed by atoms with van der Waals surface area (Å²) >= 11 is 0. The van der Waals surface area contributed by atoms with Gasteiger partial charge in [-0.15, -0.1) is 0 Å². The molecule has 0 aliphatic carbocycles. The Labute approximate surface area is 72.3 Å². The fourth-order valence-electron chi connectivity index (χ4n) is 1.22. The van der Waals surface area contributed by atoms with Crippen molar-refractivity contribution in [3.63, 3.8) is 0 Å². The molecule has 1 aliphatic rings. The summed E-state index contributed by atoms with van der Waals surface area (Å²) in [6.45, 7) is 6.81. The Hall–Kier alpha value is -0.610. The van der Waals surface area contributed by atoms with Crippen molar-refractivity contribution in [1.29, 1.82) is 0 Å². The maximum atomic E-state index is 10.7. The fourth-order valence-corrected chi connectivity index (χ4v) is 1.22. The van der Waals surface area contributed by atoms with Gasteiger partial charge in [0.25, 0.3) is 5.91 Å². The molecule has 0 atom stereocenters. The van der Waals surface area contributed by atoms with Crippen molar-refractivity contribution in [3.05, 3.63) is 0 Å². The number of nitrogens with two attached hydrogens (primary N) is 1. The highest BCUT2D eigenvalue weighted by Crippen LogP contribution is 2.27. The average molecular weight is 172 g/mol. The van der Waals surface area contributed by atoms with Crippen molar-refractivity contribution in [1.82, 2.24) is 4.90 Å². The van der Waals surface area contributed by atoms with Crippen molar-refractivity contribution in [3.8, 4) is 0 Å². The van der Waals surface area contributed by atoms with Gasteiger partial charge in [0, 0.05) is 18.6 Å². The van der Waals surface area contributed by atoms with E-state index in [2.05, 4.69) is 0 Å². The molecular formula is C8H16N2O2. The van der Waals surface area contributed by atoms with Gasteiger partial charge in [-0.3, -0.25) is 9.69 Å². The molecule has 1 heterocycles. The summed E-state index contributed by atoms with van der Waals surface area (Å²) in [5, 5.41) is 9.50. The molecule has 3 N–H and O–H groups in total. The van der Waals surface area contributed by atoms with Gasteiger partial charge >= 0.3 is 0 Å². The summed E-state index contributed by atoms with van der Waals surface area (Å²) in [7, 11) is 0. The lowest BCUT2D eigenvalue weighted by atomic mass is 9.88. The van der Waals surface area contributed by atoms with Gasteiger partial charge in [-0.2, -0.15) is 0 Å². The standard InChI is InChI=1S/C8H16N2O2/c1-7(2,3)10-4-8(12,5-10)6(9)11/h12H,4-5H2,1-3H3,(H2,9,11). The maximum Gasteiger partial charge on any atom is 0.252 e.